The van der Waals surface area contributed by atoms with Crippen molar-refractivity contribution in [2.45, 2.75) is 45.7 Å². The van der Waals surface area contributed by atoms with Crippen LogP contribution in [0.2, 0.25) is 0 Å². The van der Waals surface area contributed by atoms with Crippen molar-refractivity contribution in [3.05, 3.63) is 24.2 Å². The summed E-state index contributed by atoms with van der Waals surface area (Å²) in [4.78, 5) is 44.4. The fourth-order valence-electron chi connectivity index (χ4n) is 2.61. The molecule has 0 aromatic carbocycles. The van der Waals surface area contributed by atoms with E-state index in [1.54, 1.807) is 6.33 Å². The molecular formula is C19H26N6O4. The van der Waals surface area contributed by atoms with Crippen LogP contribution in [0.5, 0.6) is 0 Å². The highest BCUT2D eigenvalue weighted by Gasteiger charge is 2.24. The zero-order valence-corrected chi connectivity index (χ0v) is 16.8. The van der Waals surface area contributed by atoms with Crippen molar-refractivity contribution in [2.24, 2.45) is 4.99 Å². The van der Waals surface area contributed by atoms with E-state index in [0.717, 1.165) is 4.90 Å². The van der Waals surface area contributed by atoms with Crippen LogP contribution < -0.4 is 5.32 Å². The van der Waals surface area contributed by atoms with Gasteiger partial charge in [0.2, 0.25) is 0 Å². The maximum Gasteiger partial charge on any atom is 0.307 e. The lowest BCUT2D eigenvalue weighted by Gasteiger charge is -2.15. The Morgan fingerprint density at radius 1 is 1.34 bits per heavy atom. The summed E-state index contributed by atoms with van der Waals surface area (Å²) in [5, 5.41) is 10.5. The molecule has 0 saturated heterocycles. The molecule has 1 aromatic rings. The molecule has 1 aliphatic rings. The predicted molar refractivity (Wildman–Crippen MR) is 108 cm³/mol. The number of aliphatic imine (C=N–C) groups is 1. The van der Waals surface area contributed by atoms with Crippen molar-refractivity contribution >= 4 is 36.2 Å². The van der Waals surface area contributed by atoms with Crippen molar-refractivity contribution in [3.8, 4) is 0 Å². The number of rotatable bonds is 11. The Hall–Kier alpha value is -3.30. The number of carbonyl (C=O) groups excluding carboxylic acids is 3. The Morgan fingerprint density at radius 2 is 2.03 bits per heavy atom. The van der Waals surface area contributed by atoms with Gasteiger partial charge in [-0.15, -0.1) is 0 Å². The van der Waals surface area contributed by atoms with Gasteiger partial charge in [-0.1, -0.05) is 6.92 Å². The first-order chi connectivity index (χ1) is 13.9. The van der Waals surface area contributed by atoms with E-state index < -0.39 is 17.8 Å². The molecule has 1 atom stereocenters. The molecule has 0 aliphatic carbocycles. The SMILES string of the molecule is CC[C@H](COC(=O)CCN1C(=O)C=CC1=O)N=CNc1c(C=N)ncn1C(C)C. The zero-order valence-electron chi connectivity index (χ0n) is 16.8. The summed E-state index contributed by atoms with van der Waals surface area (Å²) in [7, 11) is 0. The van der Waals surface area contributed by atoms with Gasteiger partial charge < -0.3 is 20.0 Å². The van der Waals surface area contributed by atoms with Gasteiger partial charge in [0.05, 0.1) is 25.1 Å². The molecule has 29 heavy (non-hydrogen) atoms. The van der Waals surface area contributed by atoms with Crippen LogP contribution in [0.4, 0.5) is 5.82 Å². The molecule has 2 amide bonds. The number of aromatic nitrogens is 2. The third kappa shape index (κ3) is 5.84. The smallest absolute Gasteiger partial charge is 0.307 e. The molecule has 0 spiro atoms. The van der Waals surface area contributed by atoms with Crippen LogP contribution in [-0.2, 0) is 19.1 Å². The van der Waals surface area contributed by atoms with Crippen LogP contribution in [0.15, 0.2) is 23.5 Å². The molecule has 0 bridgehead atoms. The average Bonchev–Trinajstić information content (AvgIpc) is 3.25. The Labute approximate surface area is 169 Å². The predicted octanol–water partition coefficient (Wildman–Crippen LogP) is 1.54. The summed E-state index contributed by atoms with van der Waals surface area (Å²) < 4.78 is 7.11. The van der Waals surface area contributed by atoms with Crippen molar-refractivity contribution in [3.63, 3.8) is 0 Å². The summed E-state index contributed by atoms with van der Waals surface area (Å²) in [5.41, 5.74) is 0.505. The van der Waals surface area contributed by atoms with Crippen LogP contribution in [0.25, 0.3) is 0 Å². The molecule has 2 heterocycles. The summed E-state index contributed by atoms with van der Waals surface area (Å²) in [6, 6.07) is -0.0818. The van der Waals surface area contributed by atoms with Crippen molar-refractivity contribution in [1.29, 1.82) is 5.41 Å². The number of imidazole rings is 1. The second kappa shape index (κ2) is 10.3. The molecule has 10 heteroatoms. The molecule has 0 unspecified atom stereocenters. The first-order valence-electron chi connectivity index (χ1n) is 9.42. The highest BCUT2D eigenvalue weighted by atomic mass is 16.5. The van der Waals surface area contributed by atoms with Gasteiger partial charge in [-0.2, -0.15) is 0 Å². The number of hydrogen-bond acceptors (Lipinski definition) is 7. The van der Waals surface area contributed by atoms with E-state index in [1.807, 2.05) is 25.3 Å². The molecule has 156 valence electrons. The minimum atomic E-state index is -0.497. The largest absolute Gasteiger partial charge is 0.463 e. The Bertz CT molecular complexity index is 809. The highest BCUT2D eigenvalue weighted by molar-refractivity contribution is 6.13. The third-order valence-electron chi connectivity index (χ3n) is 4.35. The van der Waals surface area contributed by atoms with Crippen molar-refractivity contribution in [2.75, 3.05) is 18.5 Å². The van der Waals surface area contributed by atoms with Gasteiger partial charge in [0.1, 0.15) is 18.1 Å². The topological polar surface area (TPSA) is 130 Å². The normalized spacial score (nSPS) is 14.8. The van der Waals surface area contributed by atoms with Gasteiger partial charge in [-0.25, -0.2) is 4.98 Å². The quantitative estimate of drug-likeness (QED) is 0.250. The monoisotopic (exact) mass is 402 g/mol. The number of nitrogens with zero attached hydrogens (tertiary/aromatic N) is 4. The number of ether oxygens (including phenoxy) is 1. The molecule has 0 fully saturated rings. The Morgan fingerprint density at radius 3 is 2.62 bits per heavy atom. The highest BCUT2D eigenvalue weighted by Crippen LogP contribution is 2.17. The number of nitrogens with one attached hydrogen (secondary N) is 2. The lowest BCUT2D eigenvalue weighted by molar-refractivity contribution is -0.145. The van der Waals surface area contributed by atoms with Gasteiger partial charge in [-0.3, -0.25) is 24.3 Å². The van der Waals surface area contributed by atoms with Crippen LogP contribution in [-0.4, -0.2) is 64.0 Å². The molecule has 2 N–H and O–H groups in total. The first kappa shape index (κ1) is 22.0. The summed E-state index contributed by atoms with van der Waals surface area (Å²) in [6.07, 6.45) is 7.28. The number of amides is 2. The van der Waals surface area contributed by atoms with E-state index in [1.165, 1.54) is 24.7 Å². The number of anilines is 1. The summed E-state index contributed by atoms with van der Waals surface area (Å²) in [5.74, 6) is -0.674. The van der Waals surface area contributed by atoms with E-state index in [-0.39, 0.29) is 31.7 Å². The molecule has 0 radical (unpaired) electrons. The Balaban J connectivity index is 1.82. The second-order valence-corrected chi connectivity index (χ2v) is 6.70. The maximum absolute atomic E-state index is 11.9. The van der Waals surface area contributed by atoms with E-state index in [2.05, 4.69) is 15.3 Å². The van der Waals surface area contributed by atoms with Gasteiger partial charge >= 0.3 is 5.97 Å². The number of imide groups is 1. The standard InChI is InChI=1S/C19H26N6O4/c1-4-14(10-29-18(28)7-8-24-16(26)5-6-17(24)27)21-11-22-19-15(9-20)23-12-25(19)13(2)3/h5-6,9,11-14,20H,4,7-8,10H2,1-3H3,(H,21,22)/t14-/m1/s1. The van der Waals surface area contributed by atoms with E-state index in [0.29, 0.717) is 17.9 Å². The minimum absolute atomic E-state index is 0.00327. The first-order valence-corrected chi connectivity index (χ1v) is 9.42. The summed E-state index contributed by atoms with van der Waals surface area (Å²) in [6.45, 7) is 6.02. The molecule has 1 aromatic heterocycles. The van der Waals surface area contributed by atoms with Crippen LogP contribution >= 0.6 is 0 Å². The van der Waals surface area contributed by atoms with Crippen LogP contribution in [0.3, 0.4) is 0 Å². The van der Waals surface area contributed by atoms with Gasteiger partial charge in [0, 0.05) is 31.0 Å². The lowest BCUT2D eigenvalue weighted by atomic mass is 10.2. The van der Waals surface area contributed by atoms with E-state index in [4.69, 9.17) is 10.1 Å². The third-order valence-corrected chi connectivity index (χ3v) is 4.35. The van der Waals surface area contributed by atoms with Crippen LogP contribution in [0.1, 0.15) is 45.3 Å². The number of hydrogen-bond donors (Lipinski definition) is 2. The van der Waals surface area contributed by atoms with E-state index >= 15 is 0 Å². The van der Waals surface area contributed by atoms with Gasteiger partial charge in [0.15, 0.2) is 0 Å². The molecular weight excluding hydrogens is 376 g/mol. The molecule has 0 saturated carbocycles. The average molecular weight is 402 g/mol. The second-order valence-electron chi connectivity index (χ2n) is 6.70. The van der Waals surface area contributed by atoms with E-state index in [9.17, 15) is 14.4 Å². The number of carbonyl (C=O) groups is 3. The molecule has 2 rings (SSSR count). The Kier molecular flexibility index (Phi) is 7.81. The molecule has 1 aliphatic heterocycles. The summed E-state index contributed by atoms with van der Waals surface area (Å²) >= 11 is 0. The van der Waals surface area contributed by atoms with Crippen molar-refractivity contribution < 1.29 is 19.1 Å². The fourth-order valence-corrected chi connectivity index (χ4v) is 2.61. The van der Waals surface area contributed by atoms with Gasteiger partial charge in [0.25, 0.3) is 11.8 Å². The van der Waals surface area contributed by atoms with Crippen LogP contribution in [0, 0.1) is 5.41 Å². The lowest BCUT2D eigenvalue weighted by Crippen LogP contribution is -2.32. The fraction of sp³-hybridized carbons (Fsp3) is 0.474. The minimum Gasteiger partial charge on any atom is -0.463 e. The molecule has 10 nitrogen and oxygen atoms in total. The van der Waals surface area contributed by atoms with Gasteiger partial charge in [-0.05, 0) is 20.3 Å². The zero-order chi connectivity index (χ0) is 21.4. The number of esters is 1. The van der Waals surface area contributed by atoms with Crippen molar-refractivity contribution in [1.82, 2.24) is 14.5 Å². The maximum atomic E-state index is 11.9.